The molecule has 4 aliphatic carbocycles. The molecule has 2 heterocycles. The Morgan fingerprint density at radius 2 is 1.90 bits per heavy atom. The summed E-state index contributed by atoms with van der Waals surface area (Å²) in [5, 5.41) is 11.8. The molecule has 0 amide bonds. The van der Waals surface area contributed by atoms with Gasteiger partial charge in [0.15, 0.2) is 5.79 Å². The van der Waals surface area contributed by atoms with Gasteiger partial charge in [0.25, 0.3) is 5.92 Å². The standard InChI is InChI=1S/C32H36F2N2O3/c1-3-32(33,34)31(37)13-11-27-25-9-6-22-18-30(38-16-17-39-30)12-10-24(22)28(25)26(19-29(27,31)2)21-4-7-23(8-5-21)36-15-14-35-20-36/h3-5,7-8,14-15,18,20,25-27,37H,1,6,9-13,16-17,19H2,2H3/t25?,26-,27?,29+,31+/m1/s1. The van der Waals surface area contributed by atoms with Crippen molar-refractivity contribution in [2.24, 2.45) is 17.3 Å². The van der Waals surface area contributed by atoms with Crippen LogP contribution in [0.5, 0.6) is 0 Å². The van der Waals surface area contributed by atoms with E-state index in [-0.39, 0.29) is 24.2 Å². The minimum Gasteiger partial charge on any atom is -0.383 e. The topological polar surface area (TPSA) is 56.5 Å². The second-order valence-corrected chi connectivity index (χ2v) is 12.3. The predicted molar refractivity (Wildman–Crippen MR) is 144 cm³/mol. The Bertz CT molecular complexity index is 1340. The molecule has 2 saturated carbocycles. The number of nitrogens with zero attached hydrogens (tertiary/aromatic N) is 2. The van der Waals surface area contributed by atoms with Crippen molar-refractivity contribution < 1.29 is 23.4 Å². The molecule has 5 atom stereocenters. The second kappa shape index (κ2) is 8.69. The number of halogens is 2. The fourth-order valence-electron chi connectivity index (χ4n) is 8.79. The first kappa shape index (κ1) is 25.4. The highest BCUT2D eigenvalue weighted by molar-refractivity contribution is 5.50. The zero-order valence-electron chi connectivity index (χ0n) is 22.4. The van der Waals surface area contributed by atoms with Crippen LogP contribution in [0.25, 0.3) is 5.69 Å². The van der Waals surface area contributed by atoms with Gasteiger partial charge in [-0.2, -0.15) is 8.78 Å². The minimum absolute atomic E-state index is 0.00582. The molecular formula is C32H36F2N2O3. The third kappa shape index (κ3) is 3.55. The van der Waals surface area contributed by atoms with Crippen LogP contribution in [-0.2, 0) is 9.47 Å². The molecule has 1 saturated heterocycles. The molecule has 3 fully saturated rings. The lowest BCUT2D eigenvalue weighted by Gasteiger charge is -2.56. The van der Waals surface area contributed by atoms with Gasteiger partial charge in [-0.05, 0) is 91.4 Å². The van der Waals surface area contributed by atoms with E-state index in [1.165, 1.54) is 16.7 Å². The van der Waals surface area contributed by atoms with Crippen LogP contribution in [0.2, 0.25) is 0 Å². The molecule has 5 aliphatic rings. The summed E-state index contributed by atoms with van der Waals surface area (Å²) >= 11 is 0. The van der Waals surface area contributed by atoms with Gasteiger partial charge in [-0.1, -0.05) is 31.2 Å². The van der Waals surface area contributed by atoms with E-state index in [1.807, 2.05) is 17.7 Å². The van der Waals surface area contributed by atoms with Gasteiger partial charge in [0, 0.05) is 35.8 Å². The number of benzene rings is 1. The van der Waals surface area contributed by atoms with Crippen LogP contribution in [0.3, 0.4) is 0 Å². The highest BCUT2D eigenvalue weighted by Crippen LogP contribution is 2.69. The molecule has 1 spiro atoms. The van der Waals surface area contributed by atoms with E-state index in [2.05, 4.69) is 41.9 Å². The molecule has 39 heavy (non-hydrogen) atoms. The van der Waals surface area contributed by atoms with Crippen LogP contribution in [-0.4, -0.2) is 45.2 Å². The van der Waals surface area contributed by atoms with E-state index < -0.39 is 22.7 Å². The van der Waals surface area contributed by atoms with E-state index in [0.717, 1.165) is 36.9 Å². The molecule has 1 aromatic heterocycles. The molecular weight excluding hydrogens is 498 g/mol. The summed E-state index contributed by atoms with van der Waals surface area (Å²) in [6.45, 7) is 6.55. The number of hydrogen-bond acceptors (Lipinski definition) is 4. The highest BCUT2D eigenvalue weighted by Gasteiger charge is 2.70. The van der Waals surface area contributed by atoms with Crippen molar-refractivity contribution in [2.45, 2.75) is 75.1 Å². The molecule has 0 bridgehead atoms. The van der Waals surface area contributed by atoms with Gasteiger partial charge in [0.2, 0.25) is 0 Å². The number of ether oxygens (including phenoxy) is 2. The van der Waals surface area contributed by atoms with Gasteiger partial charge in [0.05, 0.1) is 19.5 Å². The van der Waals surface area contributed by atoms with Crippen LogP contribution < -0.4 is 0 Å². The molecule has 206 valence electrons. The van der Waals surface area contributed by atoms with Gasteiger partial charge in [-0.3, -0.25) is 0 Å². The number of alkyl halides is 2. The van der Waals surface area contributed by atoms with Crippen molar-refractivity contribution in [3.05, 3.63) is 84.0 Å². The summed E-state index contributed by atoms with van der Waals surface area (Å²) in [5.41, 5.74) is 3.11. The van der Waals surface area contributed by atoms with E-state index in [0.29, 0.717) is 32.1 Å². The predicted octanol–water partition coefficient (Wildman–Crippen LogP) is 6.50. The van der Waals surface area contributed by atoms with E-state index in [4.69, 9.17) is 9.47 Å². The lowest BCUT2D eigenvalue weighted by Crippen LogP contribution is -2.59. The Kier molecular flexibility index (Phi) is 5.65. The van der Waals surface area contributed by atoms with Crippen LogP contribution in [0.4, 0.5) is 8.78 Å². The smallest absolute Gasteiger partial charge is 0.294 e. The Morgan fingerprint density at radius 3 is 2.59 bits per heavy atom. The van der Waals surface area contributed by atoms with E-state index in [1.54, 1.807) is 12.5 Å². The van der Waals surface area contributed by atoms with Gasteiger partial charge < -0.3 is 19.1 Å². The molecule has 5 nitrogen and oxygen atoms in total. The molecule has 1 aromatic carbocycles. The van der Waals surface area contributed by atoms with Crippen molar-refractivity contribution in [1.82, 2.24) is 9.55 Å². The number of allylic oxidation sites excluding steroid dienone is 3. The summed E-state index contributed by atoms with van der Waals surface area (Å²) in [5.74, 6) is -3.88. The number of imidazole rings is 1. The van der Waals surface area contributed by atoms with Crippen molar-refractivity contribution >= 4 is 0 Å². The largest absolute Gasteiger partial charge is 0.383 e. The first-order valence-electron chi connectivity index (χ1n) is 14.3. The molecule has 7 rings (SSSR count). The molecule has 1 aliphatic heterocycles. The number of fused-ring (bicyclic) bond motifs is 4. The fraction of sp³-hybridized carbons (Fsp3) is 0.531. The van der Waals surface area contributed by atoms with Crippen LogP contribution in [0.15, 0.2) is 78.4 Å². The summed E-state index contributed by atoms with van der Waals surface area (Å²) in [4.78, 5) is 4.15. The average molecular weight is 535 g/mol. The molecule has 2 aromatic rings. The van der Waals surface area contributed by atoms with E-state index >= 15 is 8.78 Å². The number of aromatic nitrogens is 2. The lowest BCUT2D eigenvalue weighted by atomic mass is 9.50. The Labute approximate surface area is 228 Å². The number of hydrogen-bond donors (Lipinski definition) is 1. The molecule has 0 radical (unpaired) electrons. The van der Waals surface area contributed by atoms with Crippen molar-refractivity contribution in [2.75, 3.05) is 13.2 Å². The zero-order valence-corrected chi connectivity index (χ0v) is 22.4. The minimum atomic E-state index is -3.36. The van der Waals surface area contributed by atoms with Crippen LogP contribution >= 0.6 is 0 Å². The van der Waals surface area contributed by atoms with Crippen molar-refractivity contribution in [1.29, 1.82) is 0 Å². The third-order valence-corrected chi connectivity index (χ3v) is 10.7. The van der Waals surface area contributed by atoms with Crippen molar-refractivity contribution in [3.63, 3.8) is 0 Å². The Hall–Kier alpha value is -2.61. The third-order valence-electron chi connectivity index (χ3n) is 10.7. The maximum Gasteiger partial charge on any atom is 0.294 e. The molecule has 1 N–H and O–H groups in total. The fourth-order valence-corrected chi connectivity index (χ4v) is 8.79. The number of rotatable bonds is 4. The maximum absolute atomic E-state index is 15.4. The van der Waals surface area contributed by atoms with Gasteiger partial charge in [0.1, 0.15) is 5.60 Å². The first-order valence-corrected chi connectivity index (χ1v) is 14.3. The number of aliphatic hydroxyl groups is 1. The zero-order chi connectivity index (χ0) is 27.0. The molecule has 7 heteroatoms. The summed E-state index contributed by atoms with van der Waals surface area (Å²) in [7, 11) is 0. The van der Waals surface area contributed by atoms with Crippen LogP contribution in [0, 0.1) is 17.3 Å². The monoisotopic (exact) mass is 534 g/mol. The van der Waals surface area contributed by atoms with Gasteiger partial charge in [-0.15, -0.1) is 0 Å². The van der Waals surface area contributed by atoms with Crippen LogP contribution in [0.1, 0.15) is 63.4 Å². The summed E-state index contributed by atoms with van der Waals surface area (Å²) in [6.07, 6.45) is 12.8. The quantitative estimate of drug-likeness (QED) is 0.455. The second-order valence-electron chi connectivity index (χ2n) is 12.3. The first-order chi connectivity index (χ1) is 18.7. The van der Waals surface area contributed by atoms with E-state index in [9.17, 15) is 5.11 Å². The molecule has 2 unspecified atom stereocenters. The average Bonchev–Trinajstić information content (AvgIpc) is 3.69. The highest BCUT2D eigenvalue weighted by atomic mass is 19.3. The SMILES string of the molecule is C=CC(F)(F)[C@]1(O)CCC2C3CCC4=CC5(CCC4=C3[C@@H](c3ccc(-n4ccnc4)cc3)C[C@@]21C)OCCO5. The van der Waals surface area contributed by atoms with Crippen molar-refractivity contribution in [3.8, 4) is 5.69 Å². The maximum atomic E-state index is 15.4. The Balaban J connectivity index is 1.36. The summed E-state index contributed by atoms with van der Waals surface area (Å²) in [6, 6.07) is 8.39. The summed E-state index contributed by atoms with van der Waals surface area (Å²) < 4.78 is 44.9. The normalized spacial score (nSPS) is 35.4. The van der Waals surface area contributed by atoms with Gasteiger partial charge >= 0.3 is 0 Å². The van der Waals surface area contributed by atoms with Gasteiger partial charge in [-0.25, -0.2) is 4.98 Å². The Morgan fingerprint density at radius 1 is 1.13 bits per heavy atom. The lowest BCUT2D eigenvalue weighted by molar-refractivity contribution is -0.213.